The van der Waals surface area contributed by atoms with Gasteiger partial charge in [0.25, 0.3) is 0 Å². The van der Waals surface area contributed by atoms with Gasteiger partial charge < -0.3 is 14.2 Å². The number of nitrogens with zero attached hydrogens (tertiary/aromatic N) is 2. The van der Waals surface area contributed by atoms with Crippen LogP contribution < -0.4 is 0 Å². The minimum atomic E-state index is -0.115. The molecule has 2 heterocycles. The Morgan fingerprint density at radius 2 is 2.38 bits per heavy atom. The summed E-state index contributed by atoms with van der Waals surface area (Å²) < 4.78 is 6.81. The lowest BCUT2D eigenvalue weighted by molar-refractivity contribution is -0.141. The molecule has 2 rings (SSSR count). The Balaban J connectivity index is 1.99. The molecular weight excluding hydrogens is 208 g/mol. The Bertz CT molecular complexity index is 411. The van der Waals surface area contributed by atoms with E-state index in [2.05, 4.69) is 0 Å². The predicted molar refractivity (Wildman–Crippen MR) is 57.1 cm³/mol. The average Bonchev–Trinajstić information content (AvgIpc) is 2.68. The number of hydrogen-bond donors (Lipinski definition) is 0. The van der Waals surface area contributed by atoms with E-state index in [-0.39, 0.29) is 24.8 Å². The first-order valence-corrected chi connectivity index (χ1v) is 5.17. The molecule has 0 unspecified atom stereocenters. The van der Waals surface area contributed by atoms with Crippen molar-refractivity contribution in [1.29, 1.82) is 0 Å². The molecule has 0 saturated carbocycles. The summed E-state index contributed by atoms with van der Waals surface area (Å²) in [6.45, 7) is 1.24. The number of carbonyl (C=O) groups excluding carboxylic acids is 2. The first-order chi connectivity index (χ1) is 7.66. The SMILES string of the molecule is Cn1ccc(C(=O)CN2CCOCC2=O)c1. The first-order valence-electron chi connectivity index (χ1n) is 5.17. The second-order valence-corrected chi connectivity index (χ2v) is 3.86. The molecule has 0 atom stereocenters. The van der Waals surface area contributed by atoms with Crippen LogP contribution in [-0.2, 0) is 16.6 Å². The van der Waals surface area contributed by atoms with Crippen molar-refractivity contribution in [3.8, 4) is 0 Å². The van der Waals surface area contributed by atoms with Crippen LogP contribution in [0.25, 0.3) is 0 Å². The number of carbonyl (C=O) groups is 2. The second-order valence-electron chi connectivity index (χ2n) is 3.86. The van der Waals surface area contributed by atoms with Crippen molar-refractivity contribution in [3.05, 3.63) is 24.0 Å². The van der Waals surface area contributed by atoms with Crippen LogP contribution >= 0.6 is 0 Å². The van der Waals surface area contributed by atoms with Crippen molar-refractivity contribution in [1.82, 2.24) is 9.47 Å². The first kappa shape index (κ1) is 10.9. The molecule has 86 valence electrons. The average molecular weight is 222 g/mol. The summed E-state index contributed by atoms with van der Waals surface area (Å²) in [5, 5.41) is 0. The lowest BCUT2D eigenvalue weighted by Crippen LogP contribution is -2.44. The number of morpholine rings is 1. The number of hydrogen-bond acceptors (Lipinski definition) is 3. The third kappa shape index (κ3) is 2.30. The van der Waals surface area contributed by atoms with Crippen molar-refractivity contribution in [2.45, 2.75) is 0 Å². The highest BCUT2D eigenvalue weighted by molar-refractivity contribution is 5.99. The van der Waals surface area contributed by atoms with E-state index in [1.54, 1.807) is 17.2 Å². The van der Waals surface area contributed by atoms with E-state index in [0.29, 0.717) is 18.7 Å². The van der Waals surface area contributed by atoms with Gasteiger partial charge in [0.1, 0.15) is 6.61 Å². The van der Waals surface area contributed by atoms with E-state index in [9.17, 15) is 9.59 Å². The zero-order valence-corrected chi connectivity index (χ0v) is 9.18. The van der Waals surface area contributed by atoms with Gasteiger partial charge in [0.15, 0.2) is 5.78 Å². The normalized spacial score (nSPS) is 16.6. The van der Waals surface area contributed by atoms with Crippen molar-refractivity contribution < 1.29 is 14.3 Å². The van der Waals surface area contributed by atoms with E-state index in [1.165, 1.54) is 0 Å². The topological polar surface area (TPSA) is 51.5 Å². The summed E-state index contributed by atoms with van der Waals surface area (Å²) >= 11 is 0. The highest BCUT2D eigenvalue weighted by Gasteiger charge is 2.21. The third-order valence-corrected chi connectivity index (χ3v) is 2.57. The van der Waals surface area contributed by atoms with E-state index < -0.39 is 0 Å². The quantitative estimate of drug-likeness (QED) is 0.680. The molecule has 1 amide bonds. The minimum absolute atomic E-state index is 0.0316. The zero-order valence-electron chi connectivity index (χ0n) is 9.18. The number of ketones is 1. The maximum Gasteiger partial charge on any atom is 0.249 e. The summed E-state index contributed by atoms with van der Waals surface area (Å²) in [7, 11) is 1.86. The molecule has 1 aliphatic heterocycles. The lowest BCUT2D eigenvalue weighted by atomic mass is 10.2. The fourth-order valence-electron chi connectivity index (χ4n) is 1.65. The van der Waals surface area contributed by atoms with E-state index in [1.807, 2.05) is 17.8 Å². The van der Waals surface area contributed by atoms with Gasteiger partial charge in [0, 0.05) is 31.5 Å². The van der Waals surface area contributed by atoms with Crippen LogP contribution in [0.3, 0.4) is 0 Å². The minimum Gasteiger partial charge on any atom is -0.370 e. The number of rotatable bonds is 3. The maximum atomic E-state index is 11.8. The fraction of sp³-hybridized carbons (Fsp3) is 0.455. The monoisotopic (exact) mass is 222 g/mol. The Labute approximate surface area is 93.6 Å². The summed E-state index contributed by atoms with van der Waals surface area (Å²) in [5.74, 6) is -0.147. The number of aryl methyl sites for hydroxylation is 1. The van der Waals surface area contributed by atoms with Gasteiger partial charge in [0.2, 0.25) is 5.91 Å². The second kappa shape index (κ2) is 4.49. The molecule has 16 heavy (non-hydrogen) atoms. The summed E-state index contributed by atoms with van der Waals surface area (Å²) in [4.78, 5) is 24.8. The largest absolute Gasteiger partial charge is 0.370 e. The van der Waals surface area contributed by atoms with Gasteiger partial charge in [-0.15, -0.1) is 0 Å². The summed E-state index contributed by atoms with van der Waals surface area (Å²) in [6.07, 6.45) is 3.57. The molecule has 0 spiro atoms. The summed E-state index contributed by atoms with van der Waals surface area (Å²) in [5.41, 5.74) is 0.641. The lowest BCUT2D eigenvalue weighted by Gasteiger charge is -2.25. The van der Waals surface area contributed by atoms with Gasteiger partial charge in [-0.1, -0.05) is 0 Å². The highest BCUT2D eigenvalue weighted by Crippen LogP contribution is 2.05. The van der Waals surface area contributed by atoms with E-state index in [0.717, 1.165) is 0 Å². The molecule has 1 aliphatic rings. The molecular formula is C11H14N2O3. The molecule has 0 radical (unpaired) electrons. The van der Waals surface area contributed by atoms with Gasteiger partial charge in [-0.2, -0.15) is 0 Å². The molecule has 1 fully saturated rings. The van der Waals surface area contributed by atoms with Gasteiger partial charge >= 0.3 is 0 Å². The van der Waals surface area contributed by atoms with Crippen LogP contribution in [0.2, 0.25) is 0 Å². The molecule has 5 heteroatoms. The fourth-order valence-corrected chi connectivity index (χ4v) is 1.65. The summed E-state index contributed by atoms with van der Waals surface area (Å²) in [6, 6.07) is 1.76. The number of aromatic nitrogens is 1. The van der Waals surface area contributed by atoms with Gasteiger partial charge in [-0.3, -0.25) is 9.59 Å². The standard InChI is InChI=1S/C11H14N2O3/c1-12-3-2-9(6-12)10(14)7-13-4-5-16-8-11(13)15/h2-3,6H,4-5,7-8H2,1H3. The van der Waals surface area contributed by atoms with E-state index >= 15 is 0 Å². The van der Waals surface area contributed by atoms with Gasteiger partial charge in [-0.25, -0.2) is 0 Å². The number of Topliss-reactive ketones (excluding diaryl/α,β-unsaturated/α-hetero) is 1. The Morgan fingerprint density at radius 1 is 1.56 bits per heavy atom. The predicted octanol–water partition coefficient (Wildman–Crippen LogP) is 0.0666. The van der Waals surface area contributed by atoms with Crippen molar-refractivity contribution in [2.24, 2.45) is 7.05 Å². The van der Waals surface area contributed by atoms with E-state index in [4.69, 9.17) is 4.74 Å². The molecule has 0 bridgehead atoms. The molecule has 0 aromatic carbocycles. The van der Waals surface area contributed by atoms with Crippen molar-refractivity contribution >= 4 is 11.7 Å². The van der Waals surface area contributed by atoms with Gasteiger partial charge in [0.05, 0.1) is 13.2 Å². The molecule has 1 saturated heterocycles. The van der Waals surface area contributed by atoms with Crippen molar-refractivity contribution in [2.75, 3.05) is 26.3 Å². The number of ether oxygens (including phenoxy) is 1. The zero-order chi connectivity index (χ0) is 11.5. The highest BCUT2D eigenvalue weighted by atomic mass is 16.5. The van der Waals surface area contributed by atoms with Crippen LogP contribution in [-0.4, -0.2) is 47.5 Å². The molecule has 1 aromatic heterocycles. The van der Waals surface area contributed by atoms with Crippen LogP contribution in [0.1, 0.15) is 10.4 Å². The maximum absolute atomic E-state index is 11.8. The molecule has 0 aliphatic carbocycles. The Morgan fingerprint density at radius 3 is 3.00 bits per heavy atom. The van der Waals surface area contributed by atoms with Crippen LogP contribution in [0.4, 0.5) is 0 Å². The van der Waals surface area contributed by atoms with Crippen LogP contribution in [0.15, 0.2) is 18.5 Å². The van der Waals surface area contributed by atoms with Crippen molar-refractivity contribution in [3.63, 3.8) is 0 Å². The Kier molecular flexibility index (Phi) is 3.05. The molecule has 0 N–H and O–H groups in total. The Hall–Kier alpha value is -1.62. The molecule has 1 aromatic rings. The molecule has 5 nitrogen and oxygen atoms in total. The third-order valence-electron chi connectivity index (χ3n) is 2.57. The van der Waals surface area contributed by atoms with Crippen LogP contribution in [0, 0.1) is 0 Å². The smallest absolute Gasteiger partial charge is 0.249 e. The number of amides is 1. The van der Waals surface area contributed by atoms with Gasteiger partial charge in [-0.05, 0) is 6.07 Å². The van der Waals surface area contributed by atoms with Crippen LogP contribution in [0.5, 0.6) is 0 Å².